The quantitative estimate of drug-likeness (QED) is 0.525. The third kappa shape index (κ3) is 3.67. The second-order valence-corrected chi connectivity index (χ2v) is 6.67. The summed E-state index contributed by atoms with van der Waals surface area (Å²) in [5.74, 6) is 1.35. The van der Waals surface area contributed by atoms with Crippen molar-refractivity contribution < 1.29 is 9.47 Å². The molecule has 0 bridgehead atoms. The standard InChI is InChI=1S/C22H22N4O3/c1-14-20-9-15(13-23-16-10-18(28-2)12-19(11-16)29-3)22(27)24-21(20)26(25-14)17-7-5-4-6-8-17/h4-12,23H,13H2,1-3H3,(H,24,27). The van der Waals surface area contributed by atoms with Gasteiger partial charge in [-0.05, 0) is 25.1 Å². The highest BCUT2D eigenvalue weighted by Crippen LogP contribution is 2.26. The van der Waals surface area contributed by atoms with Gasteiger partial charge in [-0.3, -0.25) is 4.79 Å². The molecule has 7 heteroatoms. The summed E-state index contributed by atoms with van der Waals surface area (Å²) >= 11 is 0. The molecule has 0 radical (unpaired) electrons. The van der Waals surface area contributed by atoms with E-state index < -0.39 is 0 Å². The first-order valence-electron chi connectivity index (χ1n) is 9.23. The summed E-state index contributed by atoms with van der Waals surface area (Å²) in [4.78, 5) is 15.7. The van der Waals surface area contributed by atoms with Gasteiger partial charge in [0.1, 0.15) is 17.1 Å². The molecule has 0 aliphatic heterocycles. The van der Waals surface area contributed by atoms with E-state index in [1.807, 2.05) is 55.5 Å². The second kappa shape index (κ2) is 7.71. The van der Waals surface area contributed by atoms with Crippen molar-refractivity contribution in [2.45, 2.75) is 13.5 Å². The lowest BCUT2D eigenvalue weighted by atomic mass is 10.2. The topological polar surface area (TPSA) is 81.2 Å². The Morgan fingerprint density at radius 1 is 1.03 bits per heavy atom. The van der Waals surface area contributed by atoms with Crippen LogP contribution in [0, 0.1) is 6.92 Å². The smallest absolute Gasteiger partial charge is 0.254 e. The number of hydrogen-bond donors (Lipinski definition) is 2. The summed E-state index contributed by atoms with van der Waals surface area (Å²) < 4.78 is 12.3. The van der Waals surface area contributed by atoms with E-state index in [1.54, 1.807) is 25.0 Å². The molecule has 0 unspecified atom stereocenters. The molecule has 148 valence electrons. The van der Waals surface area contributed by atoms with Crippen molar-refractivity contribution in [3.63, 3.8) is 0 Å². The Labute approximate surface area is 167 Å². The van der Waals surface area contributed by atoms with Crippen molar-refractivity contribution in [2.24, 2.45) is 0 Å². The number of fused-ring (bicyclic) bond motifs is 1. The summed E-state index contributed by atoms with van der Waals surface area (Å²) in [5, 5.41) is 8.78. The highest BCUT2D eigenvalue weighted by molar-refractivity contribution is 5.80. The number of pyridine rings is 1. The Kier molecular flexibility index (Phi) is 4.95. The minimum atomic E-state index is -0.156. The number of hydrogen-bond acceptors (Lipinski definition) is 5. The molecular formula is C22H22N4O3. The molecule has 4 rings (SSSR count). The SMILES string of the molecule is COc1cc(NCc2cc3c(C)nn(-c4ccccc4)c3[nH]c2=O)cc(OC)c1. The van der Waals surface area contributed by atoms with E-state index in [2.05, 4.69) is 15.4 Å². The van der Waals surface area contributed by atoms with E-state index in [9.17, 15) is 4.79 Å². The van der Waals surface area contributed by atoms with Crippen molar-refractivity contribution in [2.75, 3.05) is 19.5 Å². The molecule has 0 aliphatic carbocycles. The normalized spacial score (nSPS) is 10.9. The van der Waals surface area contributed by atoms with Crippen LogP contribution in [0.4, 0.5) is 5.69 Å². The van der Waals surface area contributed by atoms with Gasteiger partial charge in [-0.15, -0.1) is 0 Å². The van der Waals surface area contributed by atoms with Crippen molar-refractivity contribution >= 4 is 16.7 Å². The Bertz CT molecular complexity index is 1190. The Balaban J connectivity index is 1.67. The Morgan fingerprint density at radius 2 is 1.72 bits per heavy atom. The van der Waals surface area contributed by atoms with Crippen molar-refractivity contribution in [1.29, 1.82) is 0 Å². The minimum absolute atomic E-state index is 0.156. The van der Waals surface area contributed by atoms with Gasteiger partial charge in [0, 0.05) is 41.4 Å². The predicted molar refractivity (Wildman–Crippen MR) is 113 cm³/mol. The van der Waals surface area contributed by atoms with Crippen LogP contribution in [0.3, 0.4) is 0 Å². The summed E-state index contributed by atoms with van der Waals surface area (Å²) in [7, 11) is 3.20. The first kappa shape index (κ1) is 18.6. The predicted octanol–water partition coefficient (Wildman–Crippen LogP) is 3.65. The monoisotopic (exact) mass is 390 g/mol. The molecule has 2 heterocycles. The lowest BCUT2D eigenvalue weighted by Gasteiger charge is -2.11. The summed E-state index contributed by atoms with van der Waals surface area (Å²) in [6.07, 6.45) is 0. The van der Waals surface area contributed by atoms with E-state index in [1.165, 1.54) is 0 Å². The number of H-pyrrole nitrogens is 1. The number of nitrogens with one attached hydrogen (secondary N) is 2. The van der Waals surface area contributed by atoms with Crippen LogP contribution in [0.1, 0.15) is 11.3 Å². The zero-order chi connectivity index (χ0) is 20.4. The van der Waals surface area contributed by atoms with E-state index >= 15 is 0 Å². The van der Waals surface area contributed by atoms with E-state index in [0.717, 1.165) is 22.5 Å². The second-order valence-electron chi connectivity index (χ2n) is 6.67. The Hall–Kier alpha value is -3.74. The average Bonchev–Trinajstić information content (AvgIpc) is 3.07. The molecule has 29 heavy (non-hydrogen) atoms. The van der Waals surface area contributed by atoms with Gasteiger partial charge in [0.15, 0.2) is 0 Å². The third-order valence-corrected chi connectivity index (χ3v) is 4.78. The van der Waals surface area contributed by atoms with Crippen LogP contribution >= 0.6 is 0 Å². The molecule has 2 aromatic heterocycles. The van der Waals surface area contributed by atoms with Crippen LogP contribution in [0.5, 0.6) is 11.5 Å². The van der Waals surface area contributed by atoms with E-state index in [4.69, 9.17) is 9.47 Å². The number of aromatic nitrogens is 3. The maximum atomic E-state index is 12.7. The molecule has 4 aromatic rings. The number of anilines is 1. The zero-order valence-corrected chi connectivity index (χ0v) is 16.5. The molecule has 0 fully saturated rings. The number of benzene rings is 2. The van der Waals surface area contributed by atoms with Crippen molar-refractivity contribution in [3.8, 4) is 17.2 Å². The number of para-hydroxylation sites is 1. The summed E-state index contributed by atoms with van der Waals surface area (Å²) in [6, 6.07) is 17.1. The fraction of sp³-hybridized carbons (Fsp3) is 0.182. The molecule has 0 saturated carbocycles. The van der Waals surface area contributed by atoms with Crippen LogP contribution in [0.25, 0.3) is 16.7 Å². The van der Waals surface area contributed by atoms with Crippen LogP contribution < -0.4 is 20.3 Å². The van der Waals surface area contributed by atoms with E-state index in [0.29, 0.717) is 29.3 Å². The zero-order valence-electron chi connectivity index (χ0n) is 16.5. The van der Waals surface area contributed by atoms with Gasteiger partial charge < -0.3 is 19.8 Å². The maximum Gasteiger partial charge on any atom is 0.254 e. The van der Waals surface area contributed by atoms with Crippen molar-refractivity contribution in [1.82, 2.24) is 14.8 Å². The molecule has 0 amide bonds. The first-order chi connectivity index (χ1) is 14.1. The van der Waals surface area contributed by atoms with E-state index in [-0.39, 0.29) is 5.56 Å². The minimum Gasteiger partial charge on any atom is -0.497 e. The molecule has 0 saturated heterocycles. The molecule has 0 spiro atoms. The fourth-order valence-corrected chi connectivity index (χ4v) is 3.25. The molecule has 0 aliphatic rings. The van der Waals surface area contributed by atoms with Gasteiger partial charge in [0.2, 0.25) is 0 Å². The van der Waals surface area contributed by atoms with Crippen LogP contribution in [-0.4, -0.2) is 29.0 Å². The highest BCUT2D eigenvalue weighted by atomic mass is 16.5. The van der Waals surface area contributed by atoms with Gasteiger partial charge in [0.25, 0.3) is 5.56 Å². The number of nitrogens with zero attached hydrogens (tertiary/aromatic N) is 2. The van der Waals surface area contributed by atoms with Crippen molar-refractivity contribution in [3.05, 3.63) is 76.2 Å². The maximum absolute atomic E-state index is 12.7. The fourth-order valence-electron chi connectivity index (χ4n) is 3.25. The molecule has 7 nitrogen and oxygen atoms in total. The van der Waals surface area contributed by atoms with Gasteiger partial charge in [-0.1, -0.05) is 18.2 Å². The number of methoxy groups -OCH3 is 2. The molecular weight excluding hydrogens is 368 g/mol. The molecule has 0 atom stereocenters. The number of aromatic amines is 1. The number of ether oxygens (including phenoxy) is 2. The first-order valence-corrected chi connectivity index (χ1v) is 9.23. The van der Waals surface area contributed by atoms with Crippen LogP contribution in [0.15, 0.2) is 59.4 Å². The number of rotatable bonds is 6. The summed E-state index contributed by atoms with van der Waals surface area (Å²) in [5.41, 5.74) is 3.70. The van der Waals surface area contributed by atoms with Gasteiger partial charge in [-0.2, -0.15) is 5.10 Å². The lowest BCUT2D eigenvalue weighted by Crippen LogP contribution is -2.16. The lowest BCUT2D eigenvalue weighted by molar-refractivity contribution is 0.394. The van der Waals surface area contributed by atoms with Crippen LogP contribution in [0.2, 0.25) is 0 Å². The summed E-state index contributed by atoms with van der Waals surface area (Å²) in [6.45, 7) is 2.29. The molecule has 2 N–H and O–H groups in total. The van der Waals surface area contributed by atoms with Crippen LogP contribution in [-0.2, 0) is 6.54 Å². The number of aryl methyl sites for hydroxylation is 1. The molecule has 2 aromatic carbocycles. The third-order valence-electron chi connectivity index (χ3n) is 4.78. The van der Waals surface area contributed by atoms with Gasteiger partial charge in [0.05, 0.1) is 25.6 Å². The largest absolute Gasteiger partial charge is 0.497 e. The highest BCUT2D eigenvalue weighted by Gasteiger charge is 2.13. The Morgan fingerprint density at radius 3 is 2.38 bits per heavy atom. The van der Waals surface area contributed by atoms with Gasteiger partial charge >= 0.3 is 0 Å². The average molecular weight is 390 g/mol. The van der Waals surface area contributed by atoms with Gasteiger partial charge in [-0.25, -0.2) is 4.68 Å².